The zero-order valence-electron chi connectivity index (χ0n) is 11.6. The van der Waals surface area contributed by atoms with Gasteiger partial charge < -0.3 is 15.5 Å². The number of hydrogen-bond donors (Lipinski definition) is 3. The molecule has 0 spiro atoms. The number of carbonyl (C=O) groups excluding carboxylic acids is 1. The van der Waals surface area contributed by atoms with Crippen LogP contribution >= 0.6 is 15.9 Å². The number of anilines is 2. The number of hydrazine groups is 1. The SMILES string of the molecule is COc1ccc(NC(=O)c2cc(C)nc(NN)c2)cc1Br. The molecule has 0 radical (unpaired) electrons. The van der Waals surface area contributed by atoms with Crippen LogP contribution in [0.4, 0.5) is 11.5 Å². The molecule has 1 aromatic heterocycles. The fourth-order valence-electron chi connectivity index (χ4n) is 1.82. The number of hydrogen-bond acceptors (Lipinski definition) is 5. The summed E-state index contributed by atoms with van der Waals surface area (Å²) in [6.07, 6.45) is 0. The summed E-state index contributed by atoms with van der Waals surface area (Å²) in [5.41, 5.74) is 4.27. The molecule has 1 heterocycles. The number of nitrogens with zero attached hydrogens (tertiary/aromatic N) is 1. The maximum atomic E-state index is 12.2. The summed E-state index contributed by atoms with van der Waals surface area (Å²) >= 11 is 3.38. The molecule has 21 heavy (non-hydrogen) atoms. The van der Waals surface area contributed by atoms with Crippen molar-refractivity contribution >= 4 is 33.3 Å². The Kier molecular flexibility index (Phi) is 4.77. The number of nitrogen functional groups attached to an aromatic ring is 1. The van der Waals surface area contributed by atoms with E-state index in [1.165, 1.54) is 0 Å². The maximum absolute atomic E-state index is 12.2. The average Bonchev–Trinajstić information content (AvgIpc) is 2.46. The molecule has 0 aliphatic heterocycles. The lowest BCUT2D eigenvalue weighted by Gasteiger charge is -2.09. The first-order valence-electron chi connectivity index (χ1n) is 6.13. The van der Waals surface area contributed by atoms with Crippen molar-refractivity contribution in [3.05, 3.63) is 46.1 Å². The Labute approximate surface area is 130 Å². The molecule has 0 bridgehead atoms. The number of methoxy groups -OCH3 is 1. The van der Waals surface area contributed by atoms with Gasteiger partial charge in [-0.1, -0.05) is 0 Å². The lowest BCUT2D eigenvalue weighted by Crippen LogP contribution is -2.15. The van der Waals surface area contributed by atoms with Crippen molar-refractivity contribution < 1.29 is 9.53 Å². The first-order chi connectivity index (χ1) is 10.0. The fraction of sp³-hybridized carbons (Fsp3) is 0.143. The van der Waals surface area contributed by atoms with Crippen LogP contribution in [0.3, 0.4) is 0 Å². The molecule has 0 atom stereocenters. The van der Waals surface area contributed by atoms with Gasteiger partial charge in [0.15, 0.2) is 0 Å². The molecule has 0 aliphatic rings. The first-order valence-corrected chi connectivity index (χ1v) is 6.93. The Bertz CT molecular complexity index is 676. The number of pyridine rings is 1. The van der Waals surface area contributed by atoms with Crippen LogP contribution in [-0.2, 0) is 0 Å². The number of benzene rings is 1. The van der Waals surface area contributed by atoms with E-state index in [-0.39, 0.29) is 5.91 Å². The summed E-state index contributed by atoms with van der Waals surface area (Å²) in [5.74, 6) is 6.22. The number of aromatic nitrogens is 1. The Morgan fingerprint density at radius 2 is 2.10 bits per heavy atom. The lowest BCUT2D eigenvalue weighted by molar-refractivity contribution is 0.102. The van der Waals surface area contributed by atoms with Crippen molar-refractivity contribution in [2.24, 2.45) is 5.84 Å². The van der Waals surface area contributed by atoms with Crippen LogP contribution in [0.15, 0.2) is 34.8 Å². The van der Waals surface area contributed by atoms with Crippen LogP contribution in [0.25, 0.3) is 0 Å². The van der Waals surface area contributed by atoms with Crippen LogP contribution in [0.5, 0.6) is 5.75 Å². The zero-order chi connectivity index (χ0) is 15.4. The van der Waals surface area contributed by atoms with Crippen molar-refractivity contribution in [1.29, 1.82) is 0 Å². The van der Waals surface area contributed by atoms with E-state index in [0.717, 1.165) is 4.47 Å². The molecular formula is C14H15BrN4O2. The van der Waals surface area contributed by atoms with Gasteiger partial charge in [0.2, 0.25) is 0 Å². The normalized spacial score (nSPS) is 10.1. The molecule has 0 fully saturated rings. The third-order valence-electron chi connectivity index (χ3n) is 2.77. The number of halogens is 1. The molecule has 1 amide bonds. The standard InChI is InChI=1S/C14H15BrN4O2/c1-8-5-9(6-13(17-8)19-16)14(20)18-10-3-4-12(21-2)11(15)7-10/h3-7H,16H2,1-2H3,(H,17,19)(H,18,20). The summed E-state index contributed by atoms with van der Waals surface area (Å²) in [6, 6.07) is 8.57. The number of ether oxygens (including phenoxy) is 1. The van der Waals surface area contributed by atoms with Crippen LogP contribution < -0.4 is 21.3 Å². The van der Waals surface area contributed by atoms with Crippen molar-refractivity contribution in [1.82, 2.24) is 4.98 Å². The molecule has 2 rings (SSSR count). The Balaban J connectivity index is 2.21. The average molecular weight is 351 g/mol. The lowest BCUT2D eigenvalue weighted by atomic mass is 10.2. The third-order valence-corrected chi connectivity index (χ3v) is 3.39. The third kappa shape index (κ3) is 3.71. The highest BCUT2D eigenvalue weighted by Gasteiger charge is 2.10. The molecule has 110 valence electrons. The van der Waals surface area contributed by atoms with E-state index in [1.807, 2.05) is 0 Å². The van der Waals surface area contributed by atoms with Crippen LogP contribution in [0.1, 0.15) is 16.1 Å². The van der Waals surface area contributed by atoms with Gasteiger partial charge in [0, 0.05) is 16.9 Å². The van der Waals surface area contributed by atoms with Crippen molar-refractivity contribution in [3.63, 3.8) is 0 Å². The number of amides is 1. The molecule has 4 N–H and O–H groups in total. The number of rotatable bonds is 4. The largest absolute Gasteiger partial charge is 0.496 e. The van der Waals surface area contributed by atoms with Crippen molar-refractivity contribution in [3.8, 4) is 5.75 Å². The number of nitrogens with one attached hydrogen (secondary N) is 2. The monoisotopic (exact) mass is 350 g/mol. The predicted octanol–water partition coefficient (Wildman–Crippen LogP) is 2.70. The van der Waals surface area contributed by atoms with Crippen LogP contribution in [-0.4, -0.2) is 18.0 Å². The van der Waals surface area contributed by atoms with Gasteiger partial charge in [-0.25, -0.2) is 10.8 Å². The van der Waals surface area contributed by atoms with E-state index >= 15 is 0 Å². The predicted molar refractivity (Wildman–Crippen MR) is 85.4 cm³/mol. The van der Waals surface area contributed by atoms with Crippen molar-refractivity contribution in [2.75, 3.05) is 17.9 Å². The Hall–Kier alpha value is -2.12. The van der Waals surface area contributed by atoms with Crippen LogP contribution in [0, 0.1) is 6.92 Å². The molecule has 7 heteroatoms. The van der Waals surface area contributed by atoms with Gasteiger partial charge in [-0.3, -0.25) is 4.79 Å². The quantitative estimate of drug-likeness (QED) is 0.582. The Morgan fingerprint density at radius 3 is 2.71 bits per heavy atom. The van der Waals surface area contributed by atoms with E-state index in [9.17, 15) is 4.79 Å². The number of carbonyl (C=O) groups is 1. The zero-order valence-corrected chi connectivity index (χ0v) is 13.2. The summed E-state index contributed by atoms with van der Waals surface area (Å²) in [7, 11) is 1.58. The summed E-state index contributed by atoms with van der Waals surface area (Å²) in [5, 5.41) is 2.81. The molecule has 1 aromatic carbocycles. The van der Waals surface area contributed by atoms with E-state index in [2.05, 4.69) is 31.7 Å². The molecule has 0 saturated heterocycles. The minimum atomic E-state index is -0.242. The molecule has 2 aromatic rings. The highest BCUT2D eigenvalue weighted by Crippen LogP contribution is 2.28. The second kappa shape index (κ2) is 6.55. The molecule has 0 unspecified atom stereocenters. The minimum Gasteiger partial charge on any atom is -0.496 e. The first kappa shape index (κ1) is 15.3. The molecule has 0 saturated carbocycles. The molecular weight excluding hydrogens is 336 g/mol. The fourth-order valence-corrected chi connectivity index (χ4v) is 2.36. The van der Waals surface area contributed by atoms with E-state index in [1.54, 1.807) is 44.4 Å². The molecule has 0 aliphatic carbocycles. The molecule has 6 nitrogen and oxygen atoms in total. The maximum Gasteiger partial charge on any atom is 0.255 e. The van der Waals surface area contributed by atoms with Gasteiger partial charge >= 0.3 is 0 Å². The number of nitrogens with two attached hydrogens (primary N) is 1. The van der Waals surface area contributed by atoms with E-state index in [0.29, 0.717) is 28.5 Å². The highest BCUT2D eigenvalue weighted by atomic mass is 79.9. The van der Waals surface area contributed by atoms with Crippen LogP contribution in [0.2, 0.25) is 0 Å². The minimum absolute atomic E-state index is 0.242. The van der Waals surface area contributed by atoms with Gasteiger partial charge in [-0.05, 0) is 53.2 Å². The van der Waals surface area contributed by atoms with Gasteiger partial charge in [0.05, 0.1) is 11.6 Å². The van der Waals surface area contributed by atoms with Gasteiger partial charge in [0.1, 0.15) is 11.6 Å². The van der Waals surface area contributed by atoms with E-state index < -0.39 is 0 Å². The van der Waals surface area contributed by atoms with Gasteiger partial charge in [-0.15, -0.1) is 0 Å². The van der Waals surface area contributed by atoms with Gasteiger partial charge in [0.25, 0.3) is 5.91 Å². The number of aryl methyl sites for hydroxylation is 1. The second-order valence-corrected chi connectivity index (χ2v) is 5.18. The topological polar surface area (TPSA) is 89.3 Å². The summed E-state index contributed by atoms with van der Waals surface area (Å²) in [6.45, 7) is 1.79. The summed E-state index contributed by atoms with van der Waals surface area (Å²) in [4.78, 5) is 16.4. The highest BCUT2D eigenvalue weighted by molar-refractivity contribution is 9.10. The summed E-state index contributed by atoms with van der Waals surface area (Å²) < 4.78 is 5.91. The van der Waals surface area contributed by atoms with E-state index in [4.69, 9.17) is 10.6 Å². The Morgan fingerprint density at radius 1 is 1.33 bits per heavy atom. The second-order valence-electron chi connectivity index (χ2n) is 4.33. The van der Waals surface area contributed by atoms with Crippen molar-refractivity contribution in [2.45, 2.75) is 6.92 Å². The van der Waals surface area contributed by atoms with Gasteiger partial charge in [-0.2, -0.15) is 0 Å². The smallest absolute Gasteiger partial charge is 0.255 e.